The van der Waals surface area contributed by atoms with Crippen LogP contribution in [0.4, 0.5) is 4.39 Å². The van der Waals surface area contributed by atoms with Crippen molar-refractivity contribution in [2.45, 2.75) is 20.1 Å². The Morgan fingerprint density at radius 1 is 1.37 bits per heavy atom. The van der Waals surface area contributed by atoms with Crippen molar-refractivity contribution in [3.63, 3.8) is 0 Å². The Morgan fingerprint density at radius 3 is 2.84 bits per heavy atom. The van der Waals surface area contributed by atoms with Crippen molar-refractivity contribution in [1.29, 1.82) is 0 Å². The van der Waals surface area contributed by atoms with Gasteiger partial charge in [0.25, 0.3) is 0 Å². The van der Waals surface area contributed by atoms with Gasteiger partial charge >= 0.3 is 0 Å². The van der Waals surface area contributed by atoms with Gasteiger partial charge in [-0.2, -0.15) is 0 Å². The van der Waals surface area contributed by atoms with Crippen LogP contribution in [0.5, 0.6) is 5.75 Å². The molecular weight excluding hydrogens is 269 g/mol. The van der Waals surface area contributed by atoms with Gasteiger partial charge < -0.3 is 14.5 Å². The molecule has 19 heavy (non-hydrogen) atoms. The first-order valence-electron chi connectivity index (χ1n) is 5.91. The molecule has 1 heterocycles. The van der Waals surface area contributed by atoms with E-state index < -0.39 is 5.82 Å². The topological polar surface area (TPSA) is 34.4 Å². The standard InChI is InChI=1S/C14H15ClFNO2/c1-9-10(7-17-2)5-12(19-9)8-18-11-3-4-13(15)14(16)6-11/h3-6,17H,7-8H2,1-2H3. The molecule has 0 spiro atoms. The van der Waals surface area contributed by atoms with E-state index in [2.05, 4.69) is 5.32 Å². The molecule has 0 aliphatic carbocycles. The van der Waals surface area contributed by atoms with Crippen molar-refractivity contribution in [1.82, 2.24) is 5.32 Å². The molecular formula is C14H15ClFNO2. The fourth-order valence-corrected chi connectivity index (χ4v) is 1.86. The summed E-state index contributed by atoms with van der Waals surface area (Å²) in [5, 5.41) is 3.14. The van der Waals surface area contributed by atoms with Crippen LogP contribution in [0.1, 0.15) is 17.1 Å². The van der Waals surface area contributed by atoms with E-state index >= 15 is 0 Å². The molecule has 0 atom stereocenters. The van der Waals surface area contributed by atoms with Gasteiger partial charge in [0.1, 0.15) is 29.7 Å². The smallest absolute Gasteiger partial charge is 0.146 e. The summed E-state index contributed by atoms with van der Waals surface area (Å²) in [6.45, 7) is 2.90. The minimum atomic E-state index is -0.495. The van der Waals surface area contributed by atoms with Crippen molar-refractivity contribution < 1.29 is 13.5 Å². The van der Waals surface area contributed by atoms with Crippen molar-refractivity contribution in [2.24, 2.45) is 0 Å². The fourth-order valence-electron chi connectivity index (χ4n) is 1.75. The maximum absolute atomic E-state index is 13.2. The summed E-state index contributed by atoms with van der Waals surface area (Å²) < 4.78 is 24.2. The van der Waals surface area contributed by atoms with E-state index in [1.54, 1.807) is 6.07 Å². The molecule has 0 radical (unpaired) electrons. The molecule has 0 fully saturated rings. The van der Waals surface area contributed by atoms with Crippen molar-refractivity contribution in [2.75, 3.05) is 7.05 Å². The zero-order chi connectivity index (χ0) is 13.8. The average molecular weight is 284 g/mol. The highest BCUT2D eigenvalue weighted by Crippen LogP contribution is 2.22. The second kappa shape index (κ2) is 6.08. The zero-order valence-corrected chi connectivity index (χ0v) is 11.6. The fraction of sp³-hybridized carbons (Fsp3) is 0.286. The number of nitrogens with one attached hydrogen (secondary N) is 1. The third kappa shape index (κ3) is 3.49. The van der Waals surface area contributed by atoms with Gasteiger partial charge in [-0.25, -0.2) is 4.39 Å². The Kier molecular flexibility index (Phi) is 4.45. The van der Waals surface area contributed by atoms with E-state index in [0.29, 0.717) is 11.5 Å². The molecule has 0 amide bonds. The molecule has 0 aliphatic rings. The maximum atomic E-state index is 13.2. The number of furan rings is 1. The van der Waals surface area contributed by atoms with Crippen molar-refractivity contribution in [3.05, 3.63) is 52.2 Å². The van der Waals surface area contributed by atoms with Gasteiger partial charge in [0, 0.05) is 18.2 Å². The summed E-state index contributed by atoms with van der Waals surface area (Å²) in [5.74, 6) is 1.49. The lowest BCUT2D eigenvalue weighted by Gasteiger charge is -2.04. The normalized spacial score (nSPS) is 10.7. The second-order valence-electron chi connectivity index (χ2n) is 4.19. The van der Waals surface area contributed by atoms with Gasteiger partial charge in [-0.3, -0.25) is 0 Å². The van der Waals surface area contributed by atoms with Crippen LogP contribution in [0, 0.1) is 12.7 Å². The van der Waals surface area contributed by atoms with Crippen LogP contribution in [0.2, 0.25) is 5.02 Å². The van der Waals surface area contributed by atoms with E-state index in [4.69, 9.17) is 20.8 Å². The summed E-state index contributed by atoms with van der Waals surface area (Å²) in [5.41, 5.74) is 1.09. The predicted molar refractivity (Wildman–Crippen MR) is 72.0 cm³/mol. The highest BCUT2D eigenvalue weighted by molar-refractivity contribution is 6.30. The van der Waals surface area contributed by atoms with Crippen molar-refractivity contribution in [3.8, 4) is 5.75 Å². The summed E-state index contributed by atoms with van der Waals surface area (Å²) in [7, 11) is 1.87. The minimum absolute atomic E-state index is 0.0810. The Bertz CT molecular complexity index is 569. The number of benzene rings is 1. The lowest BCUT2D eigenvalue weighted by molar-refractivity contribution is 0.266. The highest BCUT2D eigenvalue weighted by Gasteiger charge is 2.08. The molecule has 5 heteroatoms. The Balaban J connectivity index is 2.01. The molecule has 2 aromatic rings. The van der Waals surface area contributed by atoms with Crippen LogP contribution < -0.4 is 10.1 Å². The maximum Gasteiger partial charge on any atom is 0.146 e. The first-order chi connectivity index (χ1) is 9.10. The van der Waals surface area contributed by atoms with Gasteiger partial charge in [-0.15, -0.1) is 0 Å². The molecule has 3 nitrogen and oxygen atoms in total. The molecule has 102 valence electrons. The molecule has 1 aromatic carbocycles. The first-order valence-corrected chi connectivity index (χ1v) is 6.28. The van der Waals surface area contributed by atoms with Crippen LogP contribution in [0.25, 0.3) is 0 Å². The summed E-state index contributed by atoms with van der Waals surface area (Å²) in [6.07, 6.45) is 0. The van der Waals surface area contributed by atoms with Crippen molar-refractivity contribution >= 4 is 11.6 Å². The van der Waals surface area contributed by atoms with Crippen LogP contribution in [-0.4, -0.2) is 7.05 Å². The number of hydrogen-bond acceptors (Lipinski definition) is 3. The van der Waals surface area contributed by atoms with Gasteiger partial charge in [0.2, 0.25) is 0 Å². The first kappa shape index (κ1) is 13.9. The minimum Gasteiger partial charge on any atom is -0.486 e. The quantitative estimate of drug-likeness (QED) is 0.909. The highest BCUT2D eigenvalue weighted by atomic mass is 35.5. The Labute approximate surface area is 116 Å². The lowest BCUT2D eigenvalue weighted by Crippen LogP contribution is -2.04. The Morgan fingerprint density at radius 2 is 2.16 bits per heavy atom. The largest absolute Gasteiger partial charge is 0.486 e. The van der Waals surface area contributed by atoms with Gasteiger partial charge in [-0.1, -0.05) is 11.6 Å². The zero-order valence-electron chi connectivity index (χ0n) is 10.8. The average Bonchev–Trinajstić information content (AvgIpc) is 2.72. The second-order valence-corrected chi connectivity index (χ2v) is 4.60. The predicted octanol–water partition coefficient (Wildman–Crippen LogP) is 3.68. The molecule has 2 rings (SSSR count). The molecule has 0 unspecified atom stereocenters. The summed E-state index contributed by atoms with van der Waals surface area (Å²) in [4.78, 5) is 0. The van der Waals surface area contributed by atoms with Crippen LogP contribution in [0.3, 0.4) is 0 Å². The third-order valence-electron chi connectivity index (χ3n) is 2.71. The molecule has 0 saturated heterocycles. The number of aryl methyl sites for hydroxylation is 1. The molecule has 1 aromatic heterocycles. The van der Waals surface area contributed by atoms with Gasteiger partial charge in [0.15, 0.2) is 0 Å². The van der Waals surface area contributed by atoms with E-state index in [-0.39, 0.29) is 11.6 Å². The van der Waals surface area contributed by atoms with Gasteiger partial charge in [-0.05, 0) is 32.2 Å². The van der Waals surface area contributed by atoms with Crippen LogP contribution >= 0.6 is 11.6 Å². The molecule has 0 aliphatic heterocycles. The lowest BCUT2D eigenvalue weighted by atomic mass is 10.2. The number of rotatable bonds is 5. The van der Waals surface area contributed by atoms with Crippen LogP contribution in [-0.2, 0) is 13.2 Å². The van der Waals surface area contributed by atoms with E-state index in [0.717, 1.165) is 17.9 Å². The Hall–Kier alpha value is -1.52. The van der Waals surface area contributed by atoms with Crippen LogP contribution in [0.15, 0.2) is 28.7 Å². The van der Waals surface area contributed by atoms with E-state index in [1.165, 1.54) is 12.1 Å². The monoisotopic (exact) mass is 283 g/mol. The molecule has 0 saturated carbocycles. The summed E-state index contributed by atoms with van der Waals surface area (Å²) >= 11 is 5.60. The van der Waals surface area contributed by atoms with E-state index in [1.807, 2.05) is 20.0 Å². The third-order valence-corrected chi connectivity index (χ3v) is 3.02. The number of ether oxygens (including phenoxy) is 1. The van der Waals surface area contributed by atoms with E-state index in [9.17, 15) is 4.39 Å². The molecule has 0 bridgehead atoms. The SMILES string of the molecule is CNCc1cc(COc2ccc(Cl)c(F)c2)oc1C. The number of hydrogen-bond donors (Lipinski definition) is 1. The molecule has 1 N–H and O–H groups in total. The number of halogens is 2. The summed E-state index contributed by atoms with van der Waals surface area (Å²) in [6, 6.07) is 6.27. The van der Waals surface area contributed by atoms with Gasteiger partial charge in [0.05, 0.1) is 5.02 Å².